The van der Waals surface area contributed by atoms with Gasteiger partial charge in [0.15, 0.2) is 6.61 Å². The number of rotatable bonds is 8. The minimum Gasteiger partial charge on any atom is -0.496 e. The number of nitrogens with zero attached hydrogens (tertiary/aromatic N) is 2. The van der Waals surface area contributed by atoms with Gasteiger partial charge in [0.1, 0.15) is 10.9 Å². The number of carbonyl (C=O) groups excluding carboxylic acids is 2. The third kappa shape index (κ3) is 5.15. The van der Waals surface area contributed by atoms with E-state index in [2.05, 4.69) is 5.10 Å². The molecule has 0 aliphatic carbocycles. The molecule has 154 valence electrons. The second kappa shape index (κ2) is 9.89. The van der Waals surface area contributed by atoms with E-state index in [1.807, 2.05) is 37.3 Å². The predicted molar refractivity (Wildman–Crippen MR) is 115 cm³/mol. The maximum atomic E-state index is 12.3. The summed E-state index contributed by atoms with van der Waals surface area (Å²) in [7, 11) is 1.48. The molecule has 0 fully saturated rings. The Morgan fingerprint density at radius 3 is 2.53 bits per heavy atom. The molecule has 7 heteroatoms. The quantitative estimate of drug-likeness (QED) is 0.305. The summed E-state index contributed by atoms with van der Waals surface area (Å²) in [5.74, 6) is -0.564. The fraction of sp³-hybridized carbons (Fsp3) is 0.174. The third-order valence-corrected chi connectivity index (χ3v) is 4.82. The summed E-state index contributed by atoms with van der Waals surface area (Å²) >= 11 is 6.43. The lowest BCUT2D eigenvalue weighted by atomic mass is 10.1. The highest BCUT2D eigenvalue weighted by Crippen LogP contribution is 2.22. The minimum atomic E-state index is -0.649. The highest BCUT2D eigenvalue weighted by molar-refractivity contribution is 6.31. The van der Waals surface area contributed by atoms with Gasteiger partial charge in [0.05, 0.1) is 24.9 Å². The lowest BCUT2D eigenvalue weighted by molar-refractivity contribution is -0.136. The monoisotopic (exact) mass is 424 g/mol. The van der Waals surface area contributed by atoms with Crippen LogP contribution in [0.4, 0.5) is 0 Å². The molecule has 0 aliphatic rings. The minimum absolute atomic E-state index is 0.348. The van der Waals surface area contributed by atoms with Gasteiger partial charge in [0.25, 0.3) is 0 Å². The van der Waals surface area contributed by atoms with Gasteiger partial charge in [-0.2, -0.15) is 5.10 Å². The molecule has 2 aromatic carbocycles. The molecule has 0 spiro atoms. The van der Waals surface area contributed by atoms with E-state index < -0.39 is 5.97 Å². The molecule has 0 amide bonds. The molecule has 0 radical (unpaired) electrons. The average molecular weight is 425 g/mol. The van der Waals surface area contributed by atoms with Crippen LogP contribution in [-0.4, -0.2) is 35.2 Å². The van der Waals surface area contributed by atoms with Crippen molar-refractivity contribution in [3.8, 4) is 5.75 Å². The fourth-order valence-corrected chi connectivity index (χ4v) is 3.20. The normalized spacial score (nSPS) is 10.9. The number of ketones is 1. The highest BCUT2D eigenvalue weighted by atomic mass is 35.5. The Bertz CT molecular complexity index is 1070. The number of halogens is 1. The zero-order valence-corrected chi connectivity index (χ0v) is 17.4. The molecule has 1 heterocycles. The van der Waals surface area contributed by atoms with E-state index in [9.17, 15) is 9.59 Å². The number of aryl methyl sites for hydroxylation is 1. The molecular formula is C23H21ClN2O4. The van der Waals surface area contributed by atoms with E-state index in [-0.39, 0.29) is 12.4 Å². The van der Waals surface area contributed by atoms with Gasteiger partial charge < -0.3 is 9.47 Å². The Kier molecular flexibility index (Phi) is 7.03. The molecule has 0 saturated heterocycles. The second-order valence-electron chi connectivity index (χ2n) is 6.50. The summed E-state index contributed by atoms with van der Waals surface area (Å²) in [5, 5.41) is 4.85. The number of hydrogen-bond acceptors (Lipinski definition) is 5. The van der Waals surface area contributed by atoms with Crippen LogP contribution in [0, 0.1) is 6.92 Å². The van der Waals surface area contributed by atoms with Crippen molar-refractivity contribution in [2.45, 2.75) is 13.5 Å². The largest absolute Gasteiger partial charge is 0.496 e. The average Bonchev–Trinajstić information content (AvgIpc) is 3.03. The van der Waals surface area contributed by atoms with Gasteiger partial charge in [0, 0.05) is 11.6 Å². The van der Waals surface area contributed by atoms with Crippen molar-refractivity contribution in [1.82, 2.24) is 9.78 Å². The summed E-state index contributed by atoms with van der Waals surface area (Å²) in [5.41, 5.74) is 2.73. The molecular weight excluding hydrogens is 404 g/mol. The Labute approximate surface area is 179 Å². The number of ether oxygens (including phenoxy) is 2. The van der Waals surface area contributed by atoms with E-state index in [1.54, 1.807) is 35.0 Å². The zero-order valence-electron chi connectivity index (χ0n) is 16.7. The number of methoxy groups -OCH3 is 1. The van der Waals surface area contributed by atoms with Crippen LogP contribution in [-0.2, 0) is 16.1 Å². The van der Waals surface area contributed by atoms with Crippen molar-refractivity contribution in [1.29, 1.82) is 0 Å². The molecule has 0 aliphatic heterocycles. The fourth-order valence-electron chi connectivity index (χ4n) is 2.91. The maximum Gasteiger partial charge on any atom is 0.331 e. The first kappa shape index (κ1) is 21.3. The topological polar surface area (TPSA) is 70.4 Å². The lowest BCUT2D eigenvalue weighted by Gasteiger charge is -2.07. The van der Waals surface area contributed by atoms with Gasteiger partial charge >= 0.3 is 5.97 Å². The van der Waals surface area contributed by atoms with Crippen LogP contribution in [0.5, 0.6) is 5.75 Å². The van der Waals surface area contributed by atoms with Gasteiger partial charge in [-0.15, -0.1) is 0 Å². The first-order valence-electron chi connectivity index (χ1n) is 9.27. The number of esters is 1. The number of para-hydroxylation sites is 1. The van der Waals surface area contributed by atoms with E-state index >= 15 is 0 Å². The number of aromatic nitrogens is 2. The lowest BCUT2D eigenvalue weighted by Crippen LogP contribution is -2.13. The molecule has 0 saturated carbocycles. The van der Waals surface area contributed by atoms with Crippen LogP contribution in [0.25, 0.3) is 6.08 Å². The van der Waals surface area contributed by atoms with Crippen LogP contribution in [0.15, 0.2) is 60.7 Å². The van der Waals surface area contributed by atoms with Crippen molar-refractivity contribution >= 4 is 29.4 Å². The van der Waals surface area contributed by atoms with Gasteiger partial charge in [-0.05, 0) is 30.7 Å². The van der Waals surface area contributed by atoms with Crippen LogP contribution in [0.3, 0.4) is 0 Å². The van der Waals surface area contributed by atoms with Gasteiger partial charge in [-0.25, -0.2) is 9.48 Å². The highest BCUT2D eigenvalue weighted by Gasteiger charge is 2.14. The summed E-state index contributed by atoms with van der Waals surface area (Å²) in [6, 6.07) is 16.6. The first-order valence-corrected chi connectivity index (χ1v) is 9.65. The van der Waals surface area contributed by atoms with Gasteiger partial charge in [-0.3, -0.25) is 4.79 Å². The van der Waals surface area contributed by atoms with E-state index in [0.29, 0.717) is 34.3 Å². The molecule has 6 nitrogen and oxygen atoms in total. The van der Waals surface area contributed by atoms with Gasteiger partial charge in [-0.1, -0.05) is 54.1 Å². The SMILES string of the molecule is COc1ccccc1C(=O)COC(=O)C=Cc1c(C)nn(Cc2ccccc2)c1Cl. The number of Topliss-reactive ketones (excluding diaryl/α,β-unsaturated/α-hetero) is 1. The van der Waals surface area contributed by atoms with Crippen molar-refractivity contribution < 1.29 is 19.1 Å². The van der Waals surface area contributed by atoms with Crippen LogP contribution in [0.2, 0.25) is 5.15 Å². The van der Waals surface area contributed by atoms with Gasteiger partial charge in [0.2, 0.25) is 5.78 Å². The van der Waals surface area contributed by atoms with E-state index in [4.69, 9.17) is 21.1 Å². The molecule has 3 aromatic rings. The maximum absolute atomic E-state index is 12.3. The Hall–Kier alpha value is -3.38. The summed E-state index contributed by atoms with van der Waals surface area (Å²) in [6.07, 6.45) is 2.78. The molecule has 0 atom stereocenters. The summed E-state index contributed by atoms with van der Waals surface area (Å²) in [6.45, 7) is 1.94. The van der Waals surface area contributed by atoms with Crippen molar-refractivity contribution in [3.63, 3.8) is 0 Å². The number of hydrogen-bond donors (Lipinski definition) is 0. The second-order valence-corrected chi connectivity index (χ2v) is 6.86. The van der Waals surface area contributed by atoms with E-state index in [1.165, 1.54) is 13.2 Å². The van der Waals surface area contributed by atoms with Crippen molar-refractivity contribution in [3.05, 3.63) is 88.2 Å². The van der Waals surface area contributed by atoms with E-state index in [0.717, 1.165) is 5.56 Å². The third-order valence-electron chi connectivity index (χ3n) is 4.42. The molecule has 0 N–H and O–H groups in total. The Morgan fingerprint density at radius 1 is 1.10 bits per heavy atom. The molecule has 0 bridgehead atoms. The standard InChI is InChI=1S/C23H21ClN2O4/c1-16-18(23(24)26(25-16)14-17-8-4-3-5-9-17)12-13-22(28)30-15-20(27)19-10-6-7-11-21(19)29-2/h3-13H,14-15H2,1-2H3. The number of carbonyl (C=O) groups is 2. The summed E-state index contributed by atoms with van der Waals surface area (Å²) in [4.78, 5) is 24.3. The van der Waals surface area contributed by atoms with Crippen molar-refractivity contribution in [2.75, 3.05) is 13.7 Å². The molecule has 30 heavy (non-hydrogen) atoms. The smallest absolute Gasteiger partial charge is 0.331 e. The van der Waals surface area contributed by atoms with Crippen LogP contribution >= 0.6 is 11.6 Å². The first-order chi connectivity index (χ1) is 14.5. The van der Waals surface area contributed by atoms with Crippen LogP contribution in [0.1, 0.15) is 27.2 Å². The van der Waals surface area contributed by atoms with Crippen LogP contribution < -0.4 is 4.74 Å². The molecule has 1 aromatic heterocycles. The zero-order chi connectivity index (χ0) is 21.5. The molecule has 3 rings (SSSR count). The summed E-state index contributed by atoms with van der Waals surface area (Å²) < 4.78 is 11.9. The molecule has 0 unspecified atom stereocenters. The predicted octanol–water partition coefficient (Wildman–Crippen LogP) is 4.34. The Morgan fingerprint density at radius 2 is 1.80 bits per heavy atom. The number of benzene rings is 2. The van der Waals surface area contributed by atoms with Crippen molar-refractivity contribution in [2.24, 2.45) is 0 Å². The Balaban J connectivity index is 1.63.